The molecule has 2 aromatic rings. The first-order valence-electron chi connectivity index (χ1n) is 8.83. The number of benzene rings is 1. The molecule has 0 saturated heterocycles. The van der Waals surface area contributed by atoms with Crippen LogP contribution in [0.5, 0.6) is 0 Å². The smallest absolute Gasteiger partial charge is 0.0791 e. The molecule has 5 nitrogen and oxygen atoms in total. The monoisotopic (exact) mass is 328 g/mol. The van der Waals surface area contributed by atoms with E-state index in [1.54, 1.807) is 6.20 Å². The van der Waals surface area contributed by atoms with Crippen molar-refractivity contribution in [2.75, 3.05) is 19.6 Å². The van der Waals surface area contributed by atoms with Gasteiger partial charge in [-0.15, -0.1) is 0 Å². The number of aliphatic hydroxyl groups excluding tert-OH is 1. The van der Waals surface area contributed by atoms with Gasteiger partial charge in [-0.25, -0.2) is 0 Å². The van der Waals surface area contributed by atoms with E-state index in [0.29, 0.717) is 13.1 Å². The number of hydrogen-bond acceptors (Lipinski definition) is 4. The molecule has 1 aliphatic heterocycles. The fourth-order valence-electron chi connectivity index (χ4n) is 3.32. The van der Waals surface area contributed by atoms with Crippen molar-refractivity contribution in [3.8, 4) is 0 Å². The maximum Gasteiger partial charge on any atom is 0.0791 e. The minimum Gasteiger partial charge on any atom is -0.390 e. The maximum absolute atomic E-state index is 10.4. The van der Waals surface area contributed by atoms with Crippen molar-refractivity contribution < 1.29 is 5.11 Å². The van der Waals surface area contributed by atoms with Gasteiger partial charge in [0, 0.05) is 44.6 Å². The van der Waals surface area contributed by atoms with Crippen LogP contribution in [-0.2, 0) is 13.0 Å². The minimum absolute atomic E-state index is 0.252. The summed E-state index contributed by atoms with van der Waals surface area (Å²) in [7, 11) is 0. The molecule has 0 radical (unpaired) electrons. The van der Waals surface area contributed by atoms with E-state index >= 15 is 0 Å². The van der Waals surface area contributed by atoms with Crippen molar-refractivity contribution in [2.24, 2.45) is 0 Å². The van der Waals surface area contributed by atoms with Gasteiger partial charge in [-0.1, -0.05) is 24.3 Å². The number of aliphatic hydroxyl groups is 1. The van der Waals surface area contributed by atoms with Crippen LogP contribution in [0.15, 0.2) is 42.7 Å². The fourth-order valence-corrected chi connectivity index (χ4v) is 3.32. The van der Waals surface area contributed by atoms with Crippen LogP contribution in [0.25, 0.3) is 0 Å². The van der Waals surface area contributed by atoms with Crippen molar-refractivity contribution in [2.45, 2.75) is 45.0 Å². The Morgan fingerprint density at radius 3 is 2.75 bits per heavy atom. The third kappa shape index (κ3) is 4.23. The molecule has 0 fully saturated rings. The molecule has 5 heteroatoms. The lowest BCUT2D eigenvalue weighted by Crippen LogP contribution is -2.44. The van der Waals surface area contributed by atoms with Crippen LogP contribution in [-0.4, -0.2) is 51.6 Å². The summed E-state index contributed by atoms with van der Waals surface area (Å²) in [6.07, 6.45) is 4.49. The Labute approximate surface area is 144 Å². The Balaban J connectivity index is 1.44. The lowest BCUT2D eigenvalue weighted by Gasteiger charge is -2.31. The van der Waals surface area contributed by atoms with Gasteiger partial charge in [0.15, 0.2) is 0 Å². The van der Waals surface area contributed by atoms with Gasteiger partial charge in [-0.05, 0) is 37.5 Å². The predicted molar refractivity (Wildman–Crippen MR) is 95.8 cm³/mol. The van der Waals surface area contributed by atoms with E-state index in [0.717, 1.165) is 19.5 Å². The molecule has 0 aliphatic carbocycles. The van der Waals surface area contributed by atoms with Gasteiger partial charge < -0.3 is 10.4 Å². The van der Waals surface area contributed by atoms with E-state index in [2.05, 4.69) is 53.4 Å². The molecular formula is C19H28N4O. The largest absolute Gasteiger partial charge is 0.390 e. The second kappa shape index (κ2) is 7.92. The van der Waals surface area contributed by atoms with Crippen LogP contribution in [0.3, 0.4) is 0 Å². The molecule has 24 heavy (non-hydrogen) atoms. The Morgan fingerprint density at radius 2 is 2.00 bits per heavy atom. The van der Waals surface area contributed by atoms with Crippen LogP contribution < -0.4 is 5.32 Å². The standard InChI is InChI=1S/C19H28N4O/c1-15(16(2)23-10-5-9-21-23)20-12-19(24)14-22-11-8-17-6-3-4-7-18(17)13-22/h3-7,9-10,15-16,19-20,24H,8,11-14H2,1-2H3/t15-,16+,19+/m0/s1. The van der Waals surface area contributed by atoms with Crippen LogP contribution in [0.2, 0.25) is 0 Å². The molecule has 0 unspecified atom stereocenters. The number of nitrogens with zero attached hydrogens (tertiary/aromatic N) is 3. The van der Waals surface area contributed by atoms with E-state index in [-0.39, 0.29) is 18.2 Å². The lowest BCUT2D eigenvalue weighted by molar-refractivity contribution is 0.100. The summed E-state index contributed by atoms with van der Waals surface area (Å²) in [6, 6.07) is 11.1. The van der Waals surface area contributed by atoms with Crippen molar-refractivity contribution in [3.63, 3.8) is 0 Å². The topological polar surface area (TPSA) is 53.3 Å². The van der Waals surface area contributed by atoms with E-state index in [1.165, 1.54) is 11.1 Å². The number of hydrogen-bond donors (Lipinski definition) is 2. The summed E-state index contributed by atoms with van der Waals surface area (Å²) in [4.78, 5) is 2.34. The molecule has 0 spiro atoms. The molecular weight excluding hydrogens is 300 g/mol. The summed E-state index contributed by atoms with van der Waals surface area (Å²) in [5.74, 6) is 0. The Hall–Kier alpha value is -1.69. The summed E-state index contributed by atoms with van der Waals surface area (Å²) in [5, 5.41) is 18.1. The van der Waals surface area contributed by atoms with Gasteiger partial charge in [0.1, 0.15) is 0 Å². The third-order valence-corrected chi connectivity index (χ3v) is 5.02. The highest BCUT2D eigenvalue weighted by Crippen LogP contribution is 2.18. The molecule has 3 rings (SSSR count). The van der Waals surface area contributed by atoms with Crippen LogP contribution in [0.1, 0.15) is 31.0 Å². The highest BCUT2D eigenvalue weighted by atomic mass is 16.3. The van der Waals surface area contributed by atoms with Gasteiger partial charge in [0.2, 0.25) is 0 Å². The van der Waals surface area contributed by atoms with Crippen molar-refractivity contribution in [3.05, 3.63) is 53.9 Å². The van der Waals surface area contributed by atoms with Crippen LogP contribution in [0.4, 0.5) is 0 Å². The Bertz CT molecular complexity index is 628. The fraction of sp³-hybridized carbons (Fsp3) is 0.526. The van der Waals surface area contributed by atoms with E-state index in [9.17, 15) is 5.11 Å². The van der Waals surface area contributed by atoms with Crippen LogP contribution in [0, 0.1) is 0 Å². The molecule has 0 bridgehead atoms. The zero-order chi connectivity index (χ0) is 16.9. The number of β-amino-alcohol motifs (C(OH)–C–C–N with tert-alkyl or cyclic N) is 1. The molecule has 0 amide bonds. The van der Waals surface area contributed by atoms with Gasteiger partial charge >= 0.3 is 0 Å². The first-order valence-corrected chi connectivity index (χ1v) is 8.83. The lowest BCUT2D eigenvalue weighted by atomic mass is 10.00. The molecule has 3 atom stereocenters. The summed E-state index contributed by atoms with van der Waals surface area (Å²) >= 11 is 0. The van der Waals surface area contributed by atoms with E-state index in [1.807, 2.05) is 16.9 Å². The normalized spacial score (nSPS) is 18.8. The molecule has 2 N–H and O–H groups in total. The minimum atomic E-state index is -0.359. The van der Waals surface area contributed by atoms with E-state index < -0.39 is 0 Å². The third-order valence-electron chi connectivity index (χ3n) is 5.02. The number of aromatic nitrogens is 2. The number of rotatable bonds is 7. The predicted octanol–water partition coefficient (Wildman–Crippen LogP) is 1.84. The molecule has 0 saturated carbocycles. The summed E-state index contributed by atoms with van der Waals surface area (Å²) in [6.45, 7) is 7.55. The van der Waals surface area contributed by atoms with Gasteiger partial charge in [0.05, 0.1) is 12.1 Å². The maximum atomic E-state index is 10.4. The average Bonchev–Trinajstić information content (AvgIpc) is 3.13. The highest BCUT2D eigenvalue weighted by molar-refractivity contribution is 5.29. The molecule has 1 aromatic heterocycles. The summed E-state index contributed by atoms with van der Waals surface area (Å²) < 4.78 is 1.95. The molecule has 1 aliphatic rings. The molecule has 2 heterocycles. The SMILES string of the molecule is C[C@H](NC[C@@H](O)CN1CCc2ccccc2C1)[C@@H](C)n1cccn1. The zero-order valence-corrected chi connectivity index (χ0v) is 14.6. The van der Waals surface area contributed by atoms with Gasteiger partial charge in [-0.3, -0.25) is 9.58 Å². The number of nitrogens with one attached hydrogen (secondary N) is 1. The Kier molecular flexibility index (Phi) is 5.66. The van der Waals surface area contributed by atoms with Gasteiger partial charge in [-0.2, -0.15) is 5.10 Å². The second-order valence-corrected chi connectivity index (χ2v) is 6.83. The Morgan fingerprint density at radius 1 is 1.21 bits per heavy atom. The quantitative estimate of drug-likeness (QED) is 0.814. The zero-order valence-electron chi connectivity index (χ0n) is 14.6. The first-order chi connectivity index (χ1) is 11.6. The first kappa shape index (κ1) is 17.1. The molecule has 130 valence electrons. The summed E-state index contributed by atoms with van der Waals surface area (Å²) in [5.41, 5.74) is 2.84. The van der Waals surface area contributed by atoms with E-state index in [4.69, 9.17) is 0 Å². The average molecular weight is 328 g/mol. The van der Waals surface area contributed by atoms with Gasteiger partial charge in [0.25, 0.3) is 0 Å². The number of fused-ring (bicyclic) bond motifs is 1. The van der Waals surface area contributed by atoms with Crippen molar-refractivity contribution in [1.29, 1.82) is 0 Å². The van der Waals surface area contributed by atoms with Crippen molar-refractivity contribution in [1.82, 2.24) is 20.0 Å². The molecule has 1 aromatic carbocycles. The van der Waals surface area contributed by atoms with Crippen molar-refractivity contribution >= 4 is 0 Å². The van der Waals surface area contributed by atoms with Crippen LogP contribution >= 0.6 is 0 Å². The highest BCUT2D eigenvalue weighted by Gasteiger charge is 2.20. The second-order valence-electron chi connectivity index (χ2n) is 6.83.